The molecule has 0 aromatic heterocycles. The first-order chi connectivity index (χ1) is 13.0. The second kappa shape index (κ2) is 8.66. The van der Waals surface area contributed by atoms with Crippen LogP contribution in [0.5, 0.6) is 5.75 Å². The maximum absolute atomic E-state index is 13.2. The zero-order valence-corrected chi connectivity index (χ0v) is 16.8. The van der Waals surface area contributed by atoms with E-state index >= 15 is 0 Å². The number of halogens is 2. The van der Waals surface area contributed by atoms with Gasteiger partial charge >= 0.3 is 0 Å². The number of benzene rings is 2. The van der Waals surface area contributed by atoms with Crippen molar-refractivity contribution in [1.82, 2.24) is 4.31 Å². The van der Waals surface area contributed by atoms with E-state index in [0.717, 1.165) is 12.1 Å². The quantitative estimate of drug-likeness (QED) is 0.756. The minimum atomic E-state index is -3.62. The number of hydrogen-bond acceptors (Lipinski definition) is 4. The lowest BCUT2D eigenvalue weighted by atomic mass is 10.3. The zero-order chi connectivity index (χ0) is 21.1. The summed E-state index contributed by atoms with van der Waals surface area (Å²) in [4.78, 5) is 12.3. The van der Waals surface area contributed by atoms with Crippen LogP contribution in [0.1, 0.15) is 20.8 Å². The van der Waals surface area contributed by atoms with Crippen LogP contribution in [-0.4, -0.2) is 37.8 Å². The highest BCUT2D eigenvalue weighted by Crippen LogP contribution is 2.20. The predicted octanol–water partition coefficient (Wildman–Crippen LogP) is 3.40. The Labute approximate surface area is 163 Å². The van der Waals surface area contributed by atoms with Crippen molar-refractivity contribution in [2.75, 3.05) is 12.4 Å². The number of carbonyl (C=O) groups is 1. The van der Waals surface area contributed by atoms with Crippen LogP contribution in [0.3, 0.4) is 0 Å². The van der Waals surface area contributed by atoms with E-state index in [1.807, 2.05) is 0 Å². The summed E-state index contributed by atoms with van der Waals surface area (Å²) in [5, 5.41) is 2.58. The molecule has 0 aliphatic carbocycles. The molecule has 1 amide bonds. The highest BCUT2D eigenvalue weighted by Gasteiger charge is 2.23. The molecule has 1 N–H and O–H groups in total. The fraction of sp³-hybridized carbons (Fsp3) is 0.316. The number of hydrogen-bond donors (Lipinski definition) is 1. The van der Waals surface area contributed by atoms with Gasteiger partial charge in [-0.15, -0.1) is 0 Å². The van der Waals surface area contributed by atoms with Gasteiger partial charge in [-0.25, -0.2) is 17.2 Å². The van der Waals surface area contributed by atoms with Crippen LogP contribution in [-0.2, 0) is 14.8 Å². The van der Waals surface area contributed by atoms with E-state index in [1.54, 1.807) is 13.8 Å². The summed E-state index contributed by atoms with van der Waals surface area (Å²) in [6.07, 6.45) is -0.986. The number of carbonyl (C=O) groups excluding carboxylic acids is 1. The van der Waals surface area contributed by atoms with Gasteiger partial charge < -0.3 is 10.1 Å². The van der Waals surface area contributed by atoms with Crippen LogP contribution in [0, 0.1) is 11.6 Å². The fourth-order valence-corrected chi connectivity index (χ4v) is 3.57. The Bertz CT molecular complexity index is 947. The van der Waals surface area contributed by atoms with E-state index in [4.69, 9.17) is 4.74 Å². The van der Waals surface area contributed by atoms with Crippen molar-refractivity contribution < 1.29 is 26.7 Å². The summed E-state index contributed by atoms with van der Waals surface area (Å²) in [6.45, 7) is 4.98. The van der Waals surface area contributed by atoms with E-state index in [2.05, 4.69) is 5.32 Å². The van der Waals surface area contributed by atoms with Crippen LogP contribution in [0.25, 0.3) is 0 Å². The molecule has 0 saturated carbocycles. The summed E-state index contributed by atoms with van der Waals surface area (Å²) in [7, 11) is -2.13. The second-order valence-electron chi connectivity index (χ2n) is 6.46. The molecule has 0 spiro atoms. The van der Waals surface area contributed by atoms with Crippen molar-refractivity contribution in [3.05, 3.63) is 54.1 Å². The molecule has 0 saturated heterocycles. The third-order valence-electron chi connectivity index (χ3n) is 4.10. The van der Waals surface area contributed by atoms with Crippen molar-refractivity contribution in [1.29, 1.82) is 0 Å². The molecule has 6 nitrogen and oxygen atoms in total. The van der Waals surface area contributed by atoms with Crippen molar-refractivity contribution in [2.24, 2.45) is 0 Å². The summed E-state index contributed by atoms with van der Waals surface area (Å²) in [6, 6.07) is 8.49. The summed E-state index contributed by atoms with van der Waals surface area (Å²) in [5.74, 6) is -2.60. The Morgan fingerprint density at radius 2 is 1.64 bits per heavy atom. The molecule has 0 fully saturated rings. The number of anilines is 1. The van der Waals surface area contributed by atoms with Crippen LogP contribution in [0.2, 0.25) is 0 Å². The first-order valence-electron chi connectivity index (χ1n) is 8.53. The van der Waals surface area contributed by atoms with Gasteiger partial charge in [-0.3, -0.25) is 4.79 Å². The first kappa shape index (κ1) is 21.8. The molecule has 2 rings (SSSR count). The van der Waals surface area contributed by atoms with Gasteiger partial charge in [-0.05, 0) is 57.2 Å². The molecule has 0 aliphatic heterocycles. The van der Waals surface area contributed by atoms with Gasteiger partial charge in [0.2, 0.25) is 10.0 Å². The Morgan fingerprint density at radius 3 is 2.18 bits per heavy atom. The number of nitrogens with one attached hydrogen (secondary N) is 1. The Balaban J connectivity index is 2.04. The van der Waals surface area contributed by atoms with Gasteiger partial charge in [0, 0.05) is 24.8 Å². The molecule has 1 unspecified atom stereocenters. The van der Waals surface area contributed by atoms with Crippen LogP contribution in [0.15, 0.2) is 47.4 Å². The second-order valence-corrected chi connectivity index (χ2v) is 8.46. The Hall–Kier alpha value is -2.52. The fourth-order valence-electron chi connectivity index (χ4n) is 2.21. The summed E-state index contributed by atoms with van der Waals surface area (Å²) >= 11 is 0. The zero-order valence-electron chi connectivity index (χ0n) is 15.9. The van der Waals surface area contributed by atoms with Gasteiger partial charge in [0.1, 0.15) is 5.75 Å². The van der Waals surface area contributed by atoms with E-state index < -0.39 is 33.7 Å². The van der Waals surface area contributed by atoms with Crippen molar-refractivity contribution in [3.8, 4) is 5.75 Å². The lowest BCUT2D eigenvalue weighted by molar-refractivity contribution is -0.122. The summed E-state index contributed by atoms with van der Waals surface area (Å²) < 4.78 is 57.6. The molecule has 152 valence electrons. The van der Waals surface area contributed by atoms with Gasteiger partial charge in [0.05, 0.1) is 4.90 Å². The van der Waals surface area contributed by atoms with E-state index in [9.17, 15) is 22.0 Å². The number of sulfonamides is 1. The largest absolute Gasteiger partial charge is 0.481 e. The monoisotopic (exact) mass is 412 g/mol. The molecule has 0 aliphatic rings. The van der Waals surface area contributed by atoms with E-state index in [-0.39, 0.29) is 16.7 Å². The Morgan fingerprint density at radius 1 is 1.04 bits per heavy atom. The lowest BCUT2D eigenvalue weighted by Crippen LogP contribution is -2.33. The molecule has 2 aromatic carbocycles. The molecule has 28 heavy (non-hydrogen) atoms. The normalized spacial score (nSPS) is 12.9. The van der Waals surface area contributed by atoms with Crippen LogP contribution >= 0.6 is 0 Å². The third-order valence-corrected chi connectivity index (χ3v) is 6.15. The van der Waals surface area contributed by atoms with Crippen LogP contribution in [0.4, 0.5) is 14.5 Å². The maximum Gasteiger partial charge on any atom is 0.265 e. The number of rotatable bonds is 7. The topological polar surface area (TPSA) is 75.7 Å². The third kappa shape index (κ3) is 5.05. The molecular formula is C19H22F2N2O4S. The molecule has 0 heterocycles. The number of amides is 1. The predicted molar refractivity (Wildman–Crippen MR) is 102 cm³/mol. The minimum Gasteiger partial charge on any atom is -0.481 e. The highest BCUT2D eigenvalue weighted by atomic mass is 32.2. The smallest absolute Gasteiger partial charge is 0.265 e. The molecule has 0 bridgehead atoms. The van der Waals surface area contributed by atoms with Crippen molar-refractivity contribution in [2.45, 2.75) is 37.8 Å². The molecular weight excluding hydrogens is 390 g/mol. The molecule has 9 heteroatoms. The van der Waals surface area contributed by atoms with Gasteiger partial charge in [-0.2, -0.15) is 4.31 Å². The SMILES string of the molecule is CC(Oc1ccc(F)c(F)c1)C(=O)Nc1ccc(S(=O)(=O)N(C)C(C)C)cc1. The van der Waals surface area contributed by atoms with E-state index in [0.29, 0.717) is 5.69 Å². The van der Waals surface area contributed by atoms with Gasteiger partial charge in [0.15, 0.2) is 17.7 Å². The Kier molecular flexibility index (Phi) is 6.73. The summed E-state index contributed by atoms with van der Waals surface area (Å²) in [5.41, 5.74) is 0.372. The lowest BCUT2D eigenvalue weighted by Gasteiger charge is -2.21. The van der Waals surface area contributed by atoms with Crippen LogP contribution < -0.4 is 10.1 Å². The molecule has 1 atom stereocenters. The number of nitrogens with zero attached hydrogens (tertiary/aromatic N) is 1. The number of ether oxygens (including phenoxy) is 1. The molecule has 2 aromatic rings. The standard InChI is InChI=1S/C19H22F2N2O4S/c1-12(2)23(4)28(25,26)16-8-5-14(6-9-16)22-19(24)13(3)27-15-7-10-17(20)18(21)11-15/h5-13H,1-4H3,(H,22,24). The van der Waals surface area contributed by atoms with E-state index in [1.165, 1.54) is 48.6 Å². The van der Waals surface area contributed by atoms with Crippen molar-refractivity contribution >= 4 is 21.6 Å². The highest BCUT2D eigenvalue weighted by molar-refractivity contribution is 7.89. The maximum atomic E-state index is 13.2. The van der Waals surface area contributed by atoms with Crippen molar-refractivity contribution in [3.63, 3.8) is 0 Å². The average molecular weight is 412 g/mol. The average Bonchev–Trinajstić information content (AvgIpc) is 2.64. The molecule has 0 radical (unpaired) electrons. The minimum absolute atomic E-state index is 0.0136. The first-order valence-corrected chi connectivity index (χ1v) is 9.97. The van der Waals surface area contributed by atoms with Gasteiger partial charge in [-0.1, -0.05) is 0 Å². The van der Waals surface area contributed by atoms with Gasteiger partial charge in [0.25, 0.3) is 5.91 Å².